The van der Waals surface area contributed by atoms with Gasteiger partial charge in [-0.3, -0.25) is 4.98 Å². The van der Waals surface area contributed by atoms with Gasteiger partial charge >= 0.3 is 0 Å². The molecule has 7 nitrogen and oxygen atoms in total. The Bertz CT molecular complexity index is 1350. The van der Waals surface area contributed by atoms with Crippen molar-refractivity contribution in [1.29, 1.82) is 0 Å². The van der Waals surface area contributed by atoms with E-state index in [2.05, 4.69) is 67.3 Å². The Labute approximate surface area is 216 Å². The summed E-state index contributed by atoms with van der Waals surface area (Å²) < 4.78 is 13.5. The molecule has 2 atom stereocenters. The van der Waals surface area contributed by atoms with E-state index in [9.17, 15) is 0 Å². The summed E-state index contributed by atoms with van der Waals surface area (Å²) in [5.41, 5.74) is 5.01. The van der Waals surface area contributed by atoms with Crippen LogP contribution in [-0.2, 0) is 0 Å². The molecule has 1 N–H and O–H groups in total. The van der Waals surface area contributed by atoms with Crippen LogP contribution in [-0.4, -0.2) is 43.0 Å². The van der Waals surface area contributed by atoms with Crippen LogP contribution in [0.15, 0.2) is 85.2 Å². The van der Waals surface area contributed by atoms with E-state index in [1.54, 1.807) is 14.2 Å². The average molecular weight is 500 g/mol. The SMILES string of the molecule is COc1ccc(OC)c(N2C(=S)N[C@@H](c3ccccn3)[C@@H]2c2cccn2-c2ccc(N(C)C)cc2)c1. The Kier molecular flexibility index (Phi) is 6.52. The summed E-state index contributed by atoms with van der Waals surface area (Å²) >= 11 is 5.92. The summed E-state index contributed by atoms with van der Waals surface area (Å²) in [6.07, 6.45) is 3.89. The fourth-order valence-electron chi connectivity index (χ4n) is 4.68. The molecule has 1 fully saturated rings. The average Bonchev–Trinajstić information content (AvgIpc) is 3.53. The van der Waals surface area contributed by atoms with Crippen LogP contribution in [0.3, 0.4) is 0 Å². The highest BCUT2D eigenvalue weighted by Gasteiger charge is 2.43. The fraction of sp³-hybridized carbons (Fsp3) is 0.214. The summed E-state index contributed by atoms with van der Waals surface area (Å²) in [6.45, 7) is 0. The van der Waals surface area contributed by atoms with Crippen LogP contribution in [0.25, 0.3) is 5.69 Å². The maximum Gasteiger partial charge on any atom is 0.174 e. The van der Waals surface area contributed by atoms with E-state index in [1.165, 1.54) is 0 Å². The van der Waals surface area contributed by atoms with Crippen molar-refractivity contribution < 1.29 is 9.47 Å². The third kappa shape index (κ3) is 4.24. The van der Waals surface area contributed by atoms with Crippen molar-refractivity contribution in [3.05, 3.63) is 96.6 Å². The van der Waals surface area contributed by atoms with E-state index in [-0.39, 0.29) is 12.1 Å². The highest BCUT2D eigenvalue weighted by Crippen LogP contribution is 2.46. The lowest BCUT2D eigenvalue weighted by Crippen LogP contribution is -2.30. The van der Waals surface area contributed by atoms with Crippen LogP contribution < -0.4 is 24.6 Å². The van der Waals surface area contributed by atoms with Crippen LogP contribution in [0, 0.1) is 0 Å². The maximum absolute atomic E-state index is 5.92. The zero-order valence-corrected chi connectivity index (χ0v) is 21.6. The number of methoxy groups -OCH3 is 2. The van der Waals surface area contributed by atoms with Gasteiger partial charge < -0.3 is 29.2 Å². The molecular formula is C28H29N5O2S. The van der Waals surface area contributed by atoms with Gasteiger partial charge in [0.25, 0.3) is 0 Å². The Morgan fingerprint density at radius 3 is 2.42 bits per heavy atom. The number of aromatic nitrogens is 2. The molecule has 1 saturated heterocycles. The van der Waals surface area contributed by atoms with Gasteiger partial charge in [0.1, 0.15) is 17.5 Å². The predicted octanol–water partition coefficient (Wildman–Crippen LogP) is 5.13. The molecule has 36 heavy (non-hydrogen) atoms. The Morgan fingerprint density at radius 2 is 1.75 bits per heavy atom. The minimum Gasteiger partial charge on any atom is -0.497 e. The molecule has 2 aromatic carbocycles. The minimum absolute atomic E-state index is 0.177. The molecule has 8 heteroatoms. The van der Waals surface area contributed by atoms with Crippen LogP contribution >= 0.6 is 12.2 Å². The van der Waals surface area contributed by atoms with Crippen LogP contribution in [0.2, 0.25) is 0 Å². The second-order valence-electron chi connectivity index (χ2n) is 8.75. The first kappa shape index (κ1) is 23.7. The number of benzene rings is 2. The van der Waals surface area contributed by atoms with Crippen molar-refractivity contribution in [2.45, 2.75) is 12.1 Å². The largest absolute Gasteiger partial charge is 0.497 e. The zero-order valence-electron chi connectivity index (χ0n) is 20.8. The van der Waals surface area contributed by atoms with Gasteiger partial charge in [0.15, 0.2) is 5.11 Å². The predicted molar refractivity (Wildman–Crippen MR) is 148 cm³/mol. The quantitative estimate of drug-likeness (QED) is 0.354. The minimum atomic E-state index is -0.197. The second-order valence-corrected chi connectivity index (χ2v) is 9.13. The molecule has 5 rings (SSSR count). The van der Waals surface area contributed by atoms with Crippen molar-refractivity contribution in [2.24, 2.45) is 0 Å². The lowest BCUT2D eigenvalue weighted by atomic mass is 10.0. The summed E-state index contributed by atoms with van der Waals surface area (Å²) in [6, 6.07) is 24.0. The standard InChI is InChI=1S/C28H29N5O2S/c1-31(2)19-10-12-20(13-11-19)32-17-7-9-23(32)27-26(22-8-5-6-16-29-22)30-28(36)33(27)24-18-21(34-3)14-15-25(24)35-4/h5-18,26-27H,1-4H3,(H,30,36)/t26-,27-/m0/s1. The topological polar surface area (TPSA) is 54.8 Å². The molecular weight excluding hydrogens is 470 g/mol. The second kappa shape index (κ2) is 9.91. The number of ether oxygens (including phenoxy) is 2. The number of hydrogen-bond donors (Lipinski definition) is 1. The van der Waals surface area contributed by atoms with Crippen LogP contribution in [0.1, 0.15) is 23.5 Å². The molecule has 0 bridgehead atoms. The lowest BCUT2D eigenvalue weighted by Gasteiger charge is -2.30. The number of anilines is 2. The van der Waals surface area contributed by atoms with E-state index in [1.807, 2.05) is 56.7 Å². The van der Waals surface area contributed by atoms with Crippen LogP contribution in [0.5, 0.6) is 11.5 Å². The van der Waals surface area contributed by atoms with Gasteiger partial charge in [0.05, 0.1) is 31.6 Å². The molecule has 0 radical (unpaired) electrons. The number of pyridine rings is 1. The van der Waals surface area contributed by atoms with Gasteiger partial charge in [0.2, 0.25) is 0 Å². The monoisotopic (exact) mass is 499 g/mol. The van der Waals surface area contributed by atoms with Gasteiger partial charge in [-0.15, -0.1) is 0 Å². The smallest absolute Gasteiger partial charge is 0.174 e. The molecule has 0 unspecified atom stereocenters. The van der Waals surface area contributed by atoms with Gasteiger partial charge in [-0.05, 0) is 72.9 Å². The van der Waals surface area contributed by atoms with E-state index in [0.717, 1.165) is 34.2 Å². The summed E-state index contributed by atoms with van der Waals surface area (Å²) in [5.74, 6) is 1.43. The van der Waals surface area contributed by atoms with Gasteiger partial charge in [-0.2, -0.15) is 0 Å². The third-order valence-corrected chi connectivity index (χ3v) is 6.79. The lowest BCUT2D eigenvalue weighted by molar-refractivity contribution is 0.402. The molecule has 0 aliphatic carbocycles. The summed E-state index contributed by atoms with van der Waals surface area (Å²) in [7, 11) is 7.40. The van der Waals surface area contributed by atoms with Crippen LogP contribution in [0.4, 0.5) is 11.4 Å². The van der Waals surface area contributed by atoms with Gasteiger partial charge in [-0.25, -0.2) is 0 Å². The highest BCUT2D eigenvalue weighted by molar-refractivity contribution is 7.80. The number of nitrogens with zero attached hydrogens (tertiary/aromatic N) is 4. The molecule has 1 aliphatic rings. The van der Waals surface area contributed by atoms with E-state index >= 15 is 0 Å². The van der Waals surface area contributed by atoms with Crippen molar-refractivity contribution in [3.63, 3.8) is 0 Å². The Hall–Kier alpha value is -4.04. The number of hydrogen-bond acceptors (Lipinski definition) is 5. The Balaban J connectivity index is 1.67. The number of rotatable bonds is 7. The van der Waals surface area contributed by atoms with Gasteiger partial charge in [-0.1, -0.05) is 6.07 Å². The van der Waals surface area contributed by atoms with E-state index in [0.29, 0.717) is 10.9 Å². The first-order chi connectivity index (χ1) is 17.5. The fourth-order valence-corrected chi connectivity index (χ4v) is 5.02. The number of nitrogens with one attached hydrogen (secondary N) is 1. The number of thiocarbonyl (C=S) groups is 1. The van der Waals surface area contributed by atoms with Crippen molar-refractivity contribution >= 4 is 28.7 Å². The first-order valence-electron chi connectivity index (χ1n) is 11.7. The van der Waals surface area contributed by atoms with Gasteiger partial charge in [0, 0.05) is 49.6 Å². The molecule has 2 aromatic heterocycles. The molecule has 4 aromatic rings. The van der Waals surface area contributed by atoms with E-state index < -0.39 is 0 Å². The normalized spacial score (nSPS) is 17.1. The highest BCUT2D eigenvalue weighted by atomic mass is 32.1. The molecule has 1 aliphatic heterocycles. The molecule has 184 valence electrons. The molecule has 3 heterocycles. The van der Waals surface area contributed by atoms with Crippen molar-refractivity contribution in [3.8, 4) is 17.2 Å². The molecule has 0 spiro atoms. The first-order valence-corrected chi connectivity index (χ1v) is 12.1. The third-order valence-electron chi connectivity index (χ3n) is 6.47. The van der Waals surface area contributed by atoms with E-state index in [4.69, 9.17) is 21.7 Å². The maximum atomic E-state index is 5.92. The van der Waals surface area contributed by atoms with Crippen molar-refractivity contribution in [2.75, 3.05) is 38.1 Å². The van der Waals surface area contributed by atoms with Crippen molar-refractivity contribution in [1.82, 2.24) is 14.9 Å². The summed E-state index contributed by atoms with van der Waals surface area (Å²) in [4.78, 5) is 8.87. The molecule has 0 saturated carbocycles. The zero-order chi connectivity index (χ0) is 25.2. The summed E-state index contributed by atoms with van der Waals surface area (Å²) in [5, 5.41) is 4.12. The Morgan fingerprint density at radius 1 is 0.944 bits per heavy atom. The molecule has 0 amide bonds.